The van der Waals surface area contributed by atoms with E-state index < -0.39 is 0 Å². The Hall–Kier alpha value is -2.78. The van der Waals surface area contributed by atoms with Crippen molar-refractivity contribution in [1.82, 2.24) is 25.3 Å². The summed E-state index contributed by atoms with van der Waals surface area (Å²) in [6.45, 7) is 37.8. The first-order valence-electron chi connectivity index (χ1n) is 21.2. The van der Waals surface area contributed by atoms with Gasteiger partial charge in [-0.1, -0.05) is 142 Å². The first-order valence-corrected chi connectivity index (χ1v) is 22.1. The number of rotatable bonds is 6. The number of H-pyrrole nitrogens is 1. The van der Waals surface area contributed by atoms with Gasteiger partial charge in [0, 0.05) is 37.2 Å². The molecule has 5 heterocycles. The highest BCUT2D eigenvalue weighted by Gasteiger charge is 2.24. The molecule has 0 bridgehead atoms. The number of ether oxygens (including phenoxy) is 1. The Morgan fingerprint density at radius 3 is 1.22 bits per heavy atom. The molecular formula is C46H89N5O3S. The van der Waals surface area contributed by atoms with Crippen LogP contribution in [0.5, 0.6) is 0 Å². The Bertz CT molecular complexity index is 854. The molecule has 0 atom stereocenters. The van der Waals surface area contributed by atoms with Gasteiger partial charge in [-0.15, -0.1) is 11.3 Å². The van der Waals surface area contributed by atoms with Crippen molar-refractivity contribution in [3.8, 4) is 0 Å². The summed E-state index contributed by atoms with van der Waals surface area (Å²) < 4.78 is 14.1. The fourth-order valence-corrected chi connectivity index (χ4v) is 3.24. The van der Waals surface area contributed by atoms with E-state index in [1.165, 1.54) is 70.3 Å². The summed E-state index contributed by atoms with van der Waals surface area (Å²) in [6, 6.07) is 3.56. The number of nitrogens with zero attached hydrogens (tertiary/aromatic N) is 4. The zero-order chi connectivity index (χ0) is 42.5. The third kappa shape index (κ3) is 63.5. The highest BCUT2D eigenvalue weighted by molar-refractivity contribution is 7.07. The Morgan fingerprint density at radius 1 is 0.600 bits per heavy atom. The average molecular weight is 792 g/mol. The normalized spacial score (nSPS) is 12.6. The standard InChI is InChI=1S/C8H16O.C6H12.4C5H12.C3H4N2.2C3H3NO.C3H3NS/c1-7(2)8-3-5-9-6-4-8;1-5(2)6-3-4-6;4*1-4-5(2)3;1-2-4-5-3-1;1-2-5-3-4-1;1-2-4-5-3-1;1-2-5-3-4-1/h7-8H,3-6H2,1-2H3;5-6H,3-4H2,1-2H3;4*5H,4H2,1-3H3;1-3H,(H,4,5);3*1-3H. The predicted octanol–water partition coefficient (Wildman–Crippen LogP) is 15.2. The fraction of sp³-hybridized carbons (Fsp3) is 0.739. The number of hydrogen-bond acceptors (Lipinski definition) is 8. The van der Waals surface area contributed by atoms with Crippen molar-refractivity contribution in [2.75, 3.05) is 13.2 Å². The Kier molecular flexibility index (Phi) is 50.7. The molecule has 1 saturated heterocycles. The SMILES string of the molecule is CC(C)C1CC1.CC(C)C1CCOCC1.CCC(C)C.CCC(C)C.CCC(C)C.CCC(C)C.c1cn[nH]c1.c1cnoc1.c1cocn1.c1cscn1. The minimum absolute atomic E-state index is 0.855. The van der Waals surface area contributed by atoms with Crippen LogP contribution in [0.15, 0.2) is 81.9 Å². The molecule has 322 valence electrons. The third-order valence-electron chi connectivity index (χ3n) is 8.49. The van der Waals surface area contributed by atoms with Crippen LogP contribution in [0.4, 0.5) is 0 Å². The van der Waals surface area contributed by atoms with Crippen LogP contribution in [-0.2, 0) is 4.74 Å². The minimum Gasteiger partial charge on any atom is -0.452 e. The van der Waals surface area contributed by atoms with Crippen LogP contribution >= 0.6 is 11.3 Å². The number of thiazole rings is 1. The number of aromatic amines is 1. The van der Waals surface area contributed by atoms with Gasteiger partial charge >= 0.3 is 0 Å². The van der Waals surface area contributed by atoms with Gasteiger partial charge in [0.25, 0.3) is 0 Å². The van der Waals surface area contributed by atoms with E-state index in [9.17, 15) is 0 Å². The lowest BCUT2D eigenvalue weighted by Crippen LogP contribution is -2.19. The molecule has 2 aliphatic rings. The van der Waals surface area contributed by atoms with Gasteiger partial charge in [-0.25, -0.2) is 4.98 Å². The van der Waals surface area contributed by atoms with Crippen molar-refractivity contribution in [2.45, 2.75) is 162 Å². The monoisotopic (exact) mass is 792 g/mol. The van der Waals surface area contributed by atoms with Crippen molar-refractivity contribution in [2.24, 2.45) is 47.3 Å². The lowest BCUT2D eigenvalue weighted by atomic mass is 9.89. The maximum absolute atomic E-state index is 5.25. The van der Waals surface area contributed by atoms with E-state index >= 15 is 0 Å². The zero-order valence-corrected chi connectivity index (χ0v) is 39.4. The first-order chi connectivity index (χ1) is 26.2. The second-order valence-electron chi connectivity index (χ2n) is 15.8. The summed E-state index contributed by atoms with van der Waals surface area (Å²) in [5, 5.41) is 11.5. The van der Waals surface area contributed by atoms with Gasteiger partial charge in [0.2, 0.25) is 0 Å². The minimum atomic E-state index is 0.855. The van der Waals surface area contributed by atoms with E-state index in [0.717, 1.165) is 60.6 Å². The summed E-state index contributed by atoms with van der Waals surface area (Å²) in [7, 11) is 0. The molecule has 0 unspecified atom stereocenters. The summed E-state index contributed by atoms with van der Waals surface area (Å²) in [5.41, 5.74) is 1.79. The molecule has 4 aromatic heterocycles. The largest absolute Gasteiger partial charge is 0.452 e. The van der Waals surface area contributed by atoms with Gasteiger partial charge in [-0.2, -0.15) is 5.10 Å². The van der Waals surface area contributed by atoms with Gasteiger partial charge < -0.3 is 13.7 Å². The van der Waals surface area contributed by atoms with Crippen LogP contribution in [0.25, 0.3) is 0 Å². The molecule has 4 aromatic rings. The fourth-order valence-electron chi connectivity index (χ4n) is 2.89. The smallest absolute Gasteiger partial charge is 0.180 e. The van der Waals surface area contributed by atoms with E-state index in [-0.39, 0.29) is 0 Å². The molecule has 0 aromatic carbocycles. The summed E-state index contributed by atoms with van der Waals surface area (Å²) in [6.07, 6.45) is 23.6. The average Bonchev–Trinajstić information content (AvgIpc) is 3.89. The van der Waals surface area contributed by atoms with E-state index in [1.807, 2.05) is 11.4 Å². The van der Waals surface area contributed by atoms with Gasteiger partial charge in [-0.3, -0.25) is 10.1 Å². The zero-order valence-electron chi connectivity index (χ0n) is 38.5. The van der Waals surface area contributed by atoms with Gasteiger partial charge in [-0.05, 0) is 85.2 Å². The molecule has 9 heteroatoms. The van der Waals surface area contributed by atoms with E-state index in [1.54, 1.807) is 53.9 Å². The Morgan fingerprint density at radius 2 is 1.09 bits per heavy atom. The summed E-state index contributed by atoms with van der Waals surface area (Å²) in [5.74, 6) is 7.39. The van der Waals surface area contributed by atoms with Gasteiger partial charge in [0.1, 0.15) is 12.5 Å². The number of hydrogen-bond donors (Lipinski definition) is 1. The number of nitrogens with one attached hydrogen (secondary N) is 1. The van der Waals surface area contributed by atoms with E-state index in [4.69, 9.17) is 4.74 Å². The third-order valence-corrected chi connectivity index (χ3v) is 9.01. The molecule has 1 aliphatic heterocycles. The van der Waals surface area contributed by atoms with E-state index in [2.05, 4.69) is 145 Å². The van der Waals surface area contributed by atoms with Gasteiger partial charge in [0.05, 0.1) is 17.9 Å². The molecular weight excluding hydrogens is 703 g/mol. The second kappa shape index (κ2) is 47.4. The lowest BCUT2D eigenvalue weighted by molar-refractivity contribution is 0.0523. The quantitative estimate of drug-likeness (QED) is 0.207. The topological polar surface area (TPSA) is 103 Å². The molecule has 0 radical (unpaired) electrons. The molecule has 1 N–H and O–H groups in total. The summed E-state index contributed by atoms with van der Waals surface area (Å²) in [4.78, 5) is 7.30. The molecule has 2 fully saturated rings. The van der Waals surface area contributed by atoms with Crippen LogP contribution in [0.3, 0.4) is 0 Å². The molecule has 1 saturated carbocycles. The van der Waals surface area contributed by atoms with Crippen LogP contribution in [0.1, 0.15) is 162 Å². The second-order valence-corrected chi connectivity index (χ2v) is 16.5. The Labute approximate surface area is 344 Å². The highest BCUT2D eigenvalue weighted by Crippen LogP contribution is 2.35. The van der Waals surface area contributed by atoms with Gasteiger partial charge in [0.15, 0.2) is 6.39 Å². The number of aromatic nitrogens is 5. The molecule has 0 amide bonds. The maximum Gasteiger partial charge on any atom is 0.180 e. The molecule has 1 aliphatic carbocycles. The number of oxazole rings is 1. The Balaban J connectivity index is -0.000000265. The van der Waals surface area contributed by atoms with Crippen LogP contribution in [-0.4, -0.2) is 38.5 Å². The van der Waals surface area contributed by atoms with Crippen molar-refractivity contribution < 1.29 is 13.7 Å². The highest BCUT2D eigenvalue weighted by atomic mass is 32.1. The molecule has 6 rings (SSSR count). The van der Waals surface area contributed by atoms with Crippen LogP contribution in [0.2, 0.25) is 0 Å². The van der Waals surface area contributed by atoms with Crippen molar-refractivity contribution >= 4 is 11.3 Å². The first kappa shape index (κ1) is 58.9. The predicted molar refractivity (Wildman–Crippen MR) is 240 cm³/mol. The molecule has 0 spiro atoms. The van der Waals surface area contributed by atoms with Crippen molar-refractivity contribution in [1.29, 1.82) is 0 Å². The van der Waals surface area contributed by atoms with Crippen LogP contribution in [0, 0.1) is 47.3 Å². The lowest BCUT2D eigenvalue weighted by Gasteiger charge is -2.24. The molecule has 55 heavy (non-hydrogen) atoms. The summed E-state index contributed by atoms with van der Waals surface area (Å²) >= 11 is 1.60. The van der Waals surface area contributed by atoms with Crippen molar-refractivity contribution in [3.63, 3.8) is 0 Å². The van der Waals surface area contributed by atoms with Crippen LogP contribution < -0.4 is 0 Å². The molecule has 8 nitrogen and oxygen atoms in total. The van der Waals surface area contributed by atoms with Crippen molar-refractivity contribution in [3.05, 3.63) is 72.9 Å². The van der Waals surface area contributed by atoms with E-state index in [0.29, 0.717) is 0 Å². The maximum atomic E-state index is 5.25.